The van der Waals surface area contributed by atoms with E-state index in [1.165, 1.54) is 11.1 Å². The highest BCUT2D eigenvalue weighted by atomic mass is 16.4. The van der Waals surface area contributed by atoms with Crippen molar-refractivity contribution >= 4 is 11.7 Å². The number of amidine groups is 1. The maximum atomic E-state index is 11.9. The van der Waals surface area contributed by atoms with Crippen LogP contribution in [0.1, 0.15) is 30.5 Å². The fraction of sp³-hybridized carbons (Fsp3) is 0.467. The van der Waals surface area contributed by atoms with Gasteiger partial charge in [0.2, 0.25) is 5.91 Å². The van der Waals surface area contributed by atoms with Crippen molar-refractivity contribution in [1.29, 1.82) is 0 Å². The Hall–Kier alpha value is -2.04. The molecule has 0 unspecified atom stereocenters. The highest BCUT2D eigenvalue weighted by Gasteiger charge is 2.24. The van der Waals surface area contributed by atoms with Crippen molar-refractivity contribution in [2.24, 2.45) is 16.3 Å². The van der Waals surface area contributed by atoms with E-state index in [0.29, 0.717) is 13.0 Å². The molecule has 5 nitrogen and oxygen atoms in total. The van der Waals surface area contributed by atoms with Gasteiger partial charge in [0.05, 0.1) is 6.42 Å². The van der Waals surface area contributed by atoms with E-state index in [-0.39, 0.29) is 11.7 Å². The van der Waals surface area contributed by atoms with E-state index < -0.39 is 5.41 Å². The molecular weight excluding hydrogens is 254 g/mol. The minimum atomic E-state index is -0.576. The number of nitrogens with zero attached hydrogens (tertiary/aromatic N) is 1. The summed E-state index contributed by atoms with van der Waals surface area (Å²) in [5.41, 5.74) is 8.36. The molecule has 110 valence electrons. The van der Waals surface area contributed by atoms with E-state index in [1.807, 2.05) is 32.0 Å². The van der Waals surface area contributed by atoms with Crippen LogP contribution in [-0.2, 0) is 11.2 Å². The Balaban J connectivity index is 2.58. The molecule has 0 aromatic heterocycles. The fourth-order valence-electron chi connectivity index (χ4n) is 1.71. The van der Waals surface area contributed by atoms with Crippen LogP contribution in [0.2, 0.25) is 0 Å². The molecule has 1 aromatic carbocycles. The number of carbonyl (C=O) groups is 1. The van der Waals surface area contributed by atoms with Crippen LogP contribution in [0.25, 0.3) is 0 Å². The molecule has 1 amide bonds. The average Bonchev–Trinajstić information content (AvgIpc) is 2.40. The van der Waals surface area contributed by atoms with Crippen LogP contribution < -0.4 is 11.1 Å². The monoisotopic (exact) mass is 277 g/mol. The number of benzene rings is 1. The molecule has 20 heavy (non-hydrogen) atoms. The van der Waals surface area contributed by atoms with Crippen molar-refractivity contribution in [1.82, 2.24) is 5.32 Å². The highest BCUT2D eigenvalue weighted by Crippen LogP contribution is 2.14. The van der Waals surface area contributed by atoms with Gasteiger partial charge in [0.15, 0.2) is 0 Å². The number of rotatable bonds is 5. The van der Waals surface area contributed by atoms with Gasteiger partial charge in [-0.2, -0.15) is 0 Å². The molecule has 0 aliphatic carbocycles. The quantitative estimate of drug-likeness (QED) is 0.331. The molecule has 1 aromatic rings. The van der Waals surface area contributed by atoms with Crippen molar-refractivity contribution in [3.05, 3.63) is 34.9 Å². The van der Waals surface area contributed by atoms with Gasteiger partial charge in [0.1, 0.15) is 5.84 Å². The SMILES string of the molecule is Cc1ccc(CC(=O)NCC(C)(C)/C(N)=N/O)cc1C. The zero-order valence-corrected chi connectivity index (χ0v) is 12.5. The van der Waals surface area contributed by atoms with Gasteiger partial charge in [-0.3, -0.25) is 4.79 Å². The molecule has 0 aliphatic rings. The molecule has 4 N–H and O–H groups in total. The van der Waals surface area contributed by atoms with Gasteiger partial charge in [-0.1, -0.05) is 37.2 Å². The number of carbonyl (C=O) groups excluding carboxylic acids is 1. The smallest absolute Gasteiger partial charge is 0.224 e. The summed E-state index contributed by atoms with van der Waals surface area (Å²) in [6.45, 7) is 8.00. The minimum absolute atomic E-state index is 0.0768. The van der Waals surface area contributed by atoms with Crippen molar-refractivity contribution in [2.45, 2.75) is 34.1 Å². The first kappa shape index (κ1) is 16.0. The van der Waals surface area contributed by atoms with Crippen LogP contribution >= 0.6 is 0 Å². The summed E-state index contributed by atoms with van der Waals surface area (Å²) in [4.78, 5) is 11.9. The van der Waals surface area contributed by atoms with E-state index in [0.717, 1.165) is 5.56 Å². The number of hydrogen-bond donors (Lipinski definition) is 3. The van der Waals surface area contributed by atoms with Gasteiger partial charge in [0, 0.05) is 12.0 Å². The summed E-state index contributed by atoms with van der Waals surface area (Å²) in [7, 11) is 0. The predicted molar refractivity (Wildman–Crippen MR) is 79.8 cm³/mol. The second-order valence-corrected chi connectivity index (χ2v) is 5.74. The van der Waals surface area contributed by atoms with Crippen LogP contribution in [0.5, 0.6) is 0 Å². The molecule has 0 saturated heterocycles. The third kappa shape index (κ3) is 4.26. The van der Waals surface area contributed by atoms with Gasteiger partial charge in [-0.25, -0.2) is 0 Å². The maximum absolute atomic E-state index is 11.9. The number of nitrogens with one attached hydrogen (secondary N) is 1. The minimum Gasteiger partial charge on any atom is -0.409 e. The lowest BCUT2D eigenvalue weighted by Crippen LogP contribution is -2.43. The normalized spacial score (nSPS) is 12.3. The summed E-state index contributed by atoms with van der Waals surface area (Å²) in [6, 6.07) is 5.98. The van der Waals surface area contributed by atoms with Crippen LogP contribution in [-0.4, -0.2) is 23.5 Å². The lowest BCUT2D eigenvalue weighted by atomic mass is 9.92. The molecule has 0 atom stereocenters. The average molecular weight is 277 g/mol. The Morgan fingerprint density at radius 2 is 2.00 bits per heavy atom. The van der Waals surface area contributed by atoms with Crippen LogP contribution in [0.15, 0.2) is 23.4 Å². The van der Waals surface area contributed by atoms with E-state index in [9.17, 15) is 4.79 Å². The molecule has 0 bridgehead atoms. The molecule has 0 heterocycles. The van der Waals surface area contributed by atoms with Gasteiger partial charge < -0.3 is 16.3 Å². The first-order chi connectivity index (χ1) is 9.26. The number of oxime groups is 1. The van der Waals surface area contributed by atoms with Crippen LogP contribution in [0, 0.1) is 19.3 Å². The molecular formula is C15H23N3O2. The predicted octanol–water partition coefficient (Wildman–Crippen LogP) is 1.73. The summed E-state index contributed by atoms with van der Waals surface area (Å²) >= 11 is 0. The Labute approximate surface area is 119 Å². The molecule has 1 rings (SSSR count). The molecule has 0 spiro atoms. The van der Waals surface area contributed by atoms with Gasteiger partial charge in [-0.05, 0) is 30.5 Å². The second-order valence-electron chi connectivity index (χ2n) is 5.74. The standard InChI is InChI=1S/C15H23N3O2/c1-10-5-6-12(7-11(10)2)8-13(19)17-9-15(3,4)14(16)18-20/h5-7,20H,8-9H2,1-4H3,(H2,16,18)(H,17,19). The Morgan fingerprint density at radius 1 is 1.35 bits per heavy atom. The number of nitrogens with two attached hydrogens (primary N) is 1. The summed E-state index contributed by atoms with van der Waals surface area (Å²) in [5.74, 6) is 0.0241. The molecule has 0 aliphatic heterocycles. The topological polar surface area (TPSA) is 87.7 Å². The lowest BCUT2D eigenvalue weighted by molar-refractivity contribution is -0.120. The Kier molecular flexibility index (Phi) is 5.13. The van der Waals surface area contributed by atoms with Crippen molar-refractivity contribution < 1.29 is 10.0 Å². The number of amides is 1. The fourth-order valence-corrected chi connectivity index (χ4v) is 1.71. The first-order valence-electron chi connectivity index (χ1n) is 6.57. The lowest BCUT2D eigenvalue weighted by Gasteiger charge is -2.23. The van der Waals surface area contributed by atoms with Crippen LogP contribution in [0.3, 0.4) is 0 Å². The van der Waals surface area contributed by atoms with Crippen molar-refractivity contribution in [3.8, 4) is 0 Å². The van der Waals surface area contributed by atoms with E-state index in [1.54, 1.807) is 13.8 Å². The van der Waals surface area contributed by atoms with E-state index >= 15 is 0 Å². The molecule has 0 saturated carbocycles. The Bertz CT molecular complexity index is 522. The van der Waals surface area contributed by atoms with Gasteiger partial charge >= 0.3 is 0 Å². The summed E-state index contributed by atoms with van der Waals surface area (Å²) in [5, 5.41) is 14.5. The first-order valence-corrected chi connectivity index (χ1v) is 6.57. The zero-order chi connectivity index (χ0) is 15.3. The number of hydrogen-bond acceptors (Lipinski definition) is 3. The second kappa shape index (κ2) is 6.41. The van der Waals surface area contributed by atoms with Crippen molar-refractivity contribution in [2.75, 3.05) is 6.54 Å². The third-order valence-corrected chi connectivity index (χ3v) is 3.46. The summed E-state index contributed by atoms with van der Waals surface area (Å²) < 4.78 is 0. The maximum Gasteiger partial charge on any atom is 0.224 e. The van der Waals surface area contributed by atoms with Crippen molar-refractivity contribution in [3.63, 3.8) is 0 Å². The molecule has 0 fully saturated rings. The largest absolute Gasteiger partial charge is 0.409 e. The van der Waals surface area contributed by atoms with Crippen LogP contribution in [0.4, 0.5) is 0 Å². The van der Waals surface area contributed by atoms with Gasteiger partial charge in [-0.15, -0.1) is 0 Å². The van der Waals surface area contributed by atoms with E-state index in [2.05, 4.69) is 10.5 Å². The highest BCUT2D eigenvalue weighted by molar-refractivity contribution is 5.86. The van der Waals surface area contributed by atoms with Gasteiger partial charge in [0.25, 0.3) is 0 Å². The van der Waals surface area contributed by atoms with E-state index in [4.69, 9.17) is 10.9 Å². The molecule has 5 heteroatoms. The number of aryl methyl sites for hydroxylation is 2. The molecule has 0 radical (unpaired) electrons. The summed E-state index contributed by atoms with van der Waals surface area (Å²) in [6.07, 6.45) is 0.327. The third-order valence-electron chi connectivity index (χ3n) is 3.46. The Morgan fingerprint density at radius 3 is 2.55 bits per heavy atom. The zero-order valence-electron chi connectivity index (χ0n) is 12.5.